The van der Waals surface area contributed by atoms with Crippen LogP contribution in [0.15, 0.2) is 10.6 Å². The van der Waals surface area contributed by atoms with E-state index >= 15 is 0 Å². The van der Waals surface area contributed by atoms with Gasteiger partial charge in [-0.25, -0.2) is 4.79 Å². The molecule has 0 saturated carbocycles. The van der Waals surface area contributed by atoms with Crippen molar-refractivity contribution >= 4 is 11.9 Å². The van der Waals surface area contributed by atoms with Gasteiger partial charge in [0.15, 0.2) is 5.69 Å². The topological polar surface area (TPSA) is 86.9 Å². The summed E-state index contributed by atoms with van der Waals surface area (Å²) in [5.41, 5.74) is 0.0701. The molecule has 1 amide bonds. The van der Waals surface area contributed by atoms with E-state index in [1.54, 1.807) is 4.90 Å². The maximum atomic E-state index is 12.4. The number of fused-ring (bicyclic) bond motifs is 1. The molecule has 2 aliphatic heterocycles. The number of carbonyl (C=O) groups is 2. The lowest BCUT2D eigenvalue weighted by Gasteiger charge is -2.41. The van der Waals surface area contributed by atoms with E-state index < -0.39 is 5.97 Å². The van der Waals surface area contributed by atoms with Crippen molar-refractivity contribution in [2.75, 3.05) is 19.6 Å². The van der Waals surface area contributed by atoms with Crippen LogP contribution in [0.4, 0.5) is 0 Å². The third-order valence-corrected chi connectivity index (χ3v) is 4.14. The van der Waals surface area contributed by atoms with Crippen molar-refractivity contribution < 1.29 is 19.2 Å². The minimum Gasteiger partial charge on any atom is -0.475 e. The van der Waals surface area contributed by atoms with E-state index in [0.717, 1.165) is 19.5 Å². The van der Waals surface area contributed by atoms with Gasteiger partial charge >= 0.3 is 5.97 Å². The highest BCUT2D eigenvalue weighted by Crippen LogP contribution is 2.25. The Kier molecular flexibility index (Phi) is 3.21. The van der Waals surface area contributed by atoms with Crippen LogP contribution >= 0.6 is 0 Å². The van der Waals surface area contributed by atoms with Gasteiger partial charge in [-0.05, 0) is 26.3 Å². The molecule has 0 radical (unpaired) electrons. The molecule has 108 valence electrons. The summed E-state index contributed by atoms with van der Waals surface area (Å²) in [5, 5.41) is 12.4. The minimum atomic E-state index is -1.22. The zero-order chi connectivity index (χ0) is 14.3. The molecule has 2 unspecified atom stereocenters. The summed E-state index contributed by atoms with van der Waals surface area (Å²) >= 11 is 0. The second-order valence-electron chi connectivity index (χ2n) is 5.48. The number of rotatable bonds is 2. The number of carboxylic acid groups (broad SMARTS) is 1. The summed E-state index contributed by atoms with van der Waals surface area (Å²) in [6.07, 6.45) is 2.28. The zero-order valence-electron chi connectivity index (χ0n) is 11.3. The van der Waals surface area contributed by atoms with Crippen molar-refractivity contribution in [3.63, 3.8) is 0 Å². The summed E-state index contributed by atoms with van der Waals surface area (Å²) in [4.78, 5) is 27.4. The maximum Gasteiger partial charge on any atom is 0.374 e. The van der Waals surface area contributed by atoms with Crippen LogP contribution in [0, 0.1) is 0 Å². The van der Waals surface area contributed by atoms with E-state index in [2.05, 4.69) is 14.6 Å². The zero-order valence-corrected chi connectivity index (χ0v) is 11.3. The number of hydrogen-bond donors (Lipinski definition) is 1. The molecule has 0 aromatic carbocycles. The van der Waals surface area contributed by atoms with Gasteiger partial charge in [-0.15, -0.1) is 0 Å². The Bertz CT molecular complexity index is 541. The molecule has 1 aromatic rings. The van der Waals surface area contributed by atoms with E-state index in [-0.39, 0.29) is 23.4 Å². The van der Waals surface area contributed by atoms with E-state index in [9.17, 15) is 9.59 Å². The van der Waals surface area contributed by atoms with Crippen LogP contribution in [0.5, 0.6) is 0 Å². The molecule has 3 rings (SSSR count). The molecule has 0 bridgehead atoms. The van der Waals surface area contributed by atoms with E-state index in [1.807, 2.05) is 6.92 Å². The molecular formula is C13H17N3O4. The number of aromatic carboxylic acids is 1. The van der Waals surface area contributed by atoms with Crippen LogP contribution in [0.2, 0.25) is 0 Å². The SMILES string of the molecule is CC1CN2CCCC2CN1C(=O)c1cc(C(=O)O)on1. The van der Waals surface area contributed by atoms with Gasteiger partial charge in [-0.2, -0.15) is 0 Å². The molecule has 7 heteroatoms. The van der Waals surface area contributed by atoms with Crippen LogP contribution in [-0.2, 0) is 0 Å². The summed E-state index contributed by atoms with van der Waals surface area (Å²) < 4.78 is 4.65. The highest BCUT2D eigenvalue weighted by atomic mass is 16.5. The fraction of sp³-hybridized carbons (Fsp3) is 0.615. The third kappa shape index (κ3) is 2.18. The van der Waals surface area contributed by atoms with Gasteiger partial charge in [0.25, 0.3) is 5.91 Å². The Balaban J connectivity index is 1.77. The molecule has 2 atom stereocenters. The number of hydrogen-bond acceptors (Lipinski definition) is 5. The first-order valence-corrected chi connectivity index (χ1v) is 6.81. The van der Waals surface area contributed by atoms with E-state index in [1.165, 1.54) is 12.5 Å². The summed E-state index contributed by atoms with van der Waals surface area (Å²) in [6.45, 7) is 4.64. The van der Waals surface area contributed by atoms with Gasteiger partial charge in [0.2, 0.25) is 5.76 Å². The number of amides is 1. The first-order chi connectivity index (χ1) is 9.56. The highest BCUT2D eigenvalue weighted by molar-refractivity contribution is 5.95. The molecule has 7 nitrogen and oxygen atoms in total. The molecule has 2 aliphatic rings. The Labute approximate surface area is 116 Å². The fourth-order valence-corrected chi connectivity index (χ4v) is 3.09. The van der Waals surface area contributed by atoms with Gasteiger partial charge in [0.05, 0.1) is 0 Å². The maximum absolute atomic E-state index is 12.4. The molecule has 3 heterocycles. The van der Waals surface area contributed by atoms with Crippen molar-refractivity contribution in [1.29, 1.82) is 0 Å². The molecule has 0 aliphatic carbocycles. The average molecular weight is 279 g/mol. The molecule has 2 fully saturated rings. The van der Waals surface area contributed by atoms with Crippen molar-refractivity contribution in [2.45, 2.75) is 31.8 Å². The van der Waals surface area contributed by atoms with Crippen molar-refractivity contribution in [1.82, 2.24) is 15.0 Å². The van der Waals surface area contributed by atoms with Gasteiger partial charge in [-0.1, -0.05) is 5.16 Å². The smallest absolute Gasteiger partial charge is 0.374 e. The van der Waals surface area contributed by atoms with Gasteiger partial charge < -0.3 is 14.5 Å². The second-order valence-corrected chi connectivity index (χ2v) is 5.48. The van der Waals surface area contributed by atoms with Crippen molar-refractivity contribution in [3.8, 4) is 0 Å². The number of aromatic nitrogens is 1. The normalized spacial score (nSPS) is 26.6. The van der Waals surface area contributed by atoms with Crippen LogP contribution in [0.25, 0.3) is 0 Å². The molecule has 20 heavy (non-hydrogen) atoms. The third-order valence-electron chi connectivity index (χ3n) is 4.14. The lowest BCUT2D eigenvalue weighted by atomic mass is 10.1. The first-order valence-electron chi connectivity index (χ1n) is 6.81. The first kappa shape index (κ1) is 13.1. The summed E-state index contributed by atoms with van der Waals surface area (Å²) in [7, 11) is 0. The minimum absolute atomic E-state index is 0.0701. The molecule has 1 N–H and O–H groups in total. The van der Waals surface area contributed by atoms with Crippen molar-refractivity contribution in [3.05, 3.63) is 17.5 Å². The Hall–Kier alpha value is -1.89. The van der Waals surface area contributed by atoms with Crippen molar-refractivity contribution in [2.24, 2.45) is 0 Å². The van der Waals surface area contributed by atoms with E-state index in [0.29, 0.717) is 12.6 Å². The standard InChI is InChI=1S/C13H17N3O4/c1-8-6-15-4-2-3-9(15)7-16(8)12(17)10-5-11(13(18)19)20-14-10/h5,8-9H,2-4,6-7H2,1H3,(H,18,19). The van der Waals surface area contributed by atoms with Crippen LogP contribution in [0.3, 0.4) is 0 Å². The quantitative estimate of drug-likeness (QED) is 0.856. The predicted octanol–water partition coefficient (Wildman–Crippen LogP) is 0.681. The number of carboxylic acids is 1. The fourth-order valence-electron chi connectivity index (χ4n) is 3.09. The number of nitrogens with zero attached hydrogens (tertiary/aromatic N) is 3. The average Bonchev–Trinajstić information content (AvgIpc) is 3.05. The van der Waals surface area contributed by atoms with Crippen LogP contribution in [0.1, 0.15) is 40.8 Å². The predicted molar refractivity (Wildman–Crippen MR) is 68.6 cm³/mol. The van der Waals surface area contributed by atoms with E-state index in [4.69, 9.17) is 5.11 Å². The molecule has 0 spiro atoms. The highest BCUT2D eigenvalue weighted by Gasteiger charge is 2.37. The lowest BCUT2D eigenvalue weighted by Crippen LogP contribution is -2.56. The molecular weight excluding hydrogens is 262 g/mol. The van der Waals surface area contributed by atoms with Crippen LogP contribution < -0.4 is 0 Å². The Morgan fingerprint density at radius 1 is 1.45 bits per heavy atom. The van der Waals surface area contributed by atoms with Crippen LogP contribution in [-0.4, -0.2) is 63.7 Å². The number of piperazine rings is 1. The lowest BCUT2D eigenvalue weighted by molar-refractivity contribution is 0.0386. The summed E-state index contributed by atoms with van der Waals surface area (Å²) in [5.74, 6) is -1.77. The molecule has 1 aromatic heterocycles. The largest absolute Gasteiger partial charge is 0.475 e. The number of carbonyl (C=O) groups excluding carboxylic acids is 1. The monoisotopic (exact) mass is 279 g/mol. The summed E-state index contributed by atoms with van der Waals surface area (Å²) in [6, 6.07) is 1.71. The van der Waals surface area contributed by atoms with Gasteiger partial charge in [-0.3, -0.25) is 9.69 Å². The van der Waals surface area contributed by atoms with Gasteiger partial charge in [0, 0.05) is 31.2 Å². The Morgan fingerprint density at radius 2 is 2.25 bits per heavy atom. The second kappa shape index (κ2) is 4.90. The van der Waals surface area contributed by atoms with Gasteiger partial charge in [0.1, 0.15) is 0 Å². The Morgan fingerprint density at radius 3 is 2.95 bits per heavy atom. The molecule has 2 saturated heterocycles.